The summed E-state index contributed by atoms with van der Waals surface area (Å²) >= 11 is 0. The zero-order chi connectivity index (χ0) is 27.5. The highest BCUT2D eigenvalue weighted by Crippen LogP contribution is 2.33. The number of likely N-dealkylation sites (N-methyl/N-ethyl adjacent to an activating group) is 1. The largest absolute Gasteiger partial charge is 0.489 e. The summed E-state index contributed by atoms with van der Waals surface area (Å²) in [6.45, 7) is 6.06. The van der Waals surface area contributed by atoms with Crippen LogP contribution < -0.4 is 20.9 Å². The third-order valence-corrected chi connectivity index (χ3v) is 6.78. The molecule has 5 rings (SSSR count). The lowest BCUT2D eigenvalue weighted by molar-refractivity contribution is 0.0994. The van der Waals surface area contributed by atoms with Gasteiger partial charge in [0.15, 0.2) is 5.69 Å². The van der Waals surface area contributed by atoms with E-state index in [2.05, 4.69) is 21.9 Å². The standard InChI is InChI=1S/C29H33N7O3/c1-18-11-24(38-17-20-14-32-19(2)33-15-20)13-25(12-18)39-23-8-6-22(7-9-23)36-28(29(31)37)26(30)27(34-36)21-5-4-10-35(3)16-21/h6-9,11-15,21H,4-5,10,16-17,30H2,1-3H3,(H2,31,37)/t21-/m1/s1. The van der Waals surface area contributed by atoms with Crippen LogP contribution in [0.3, 0.4) is 0 Å². The van der Waals surface area contributed by atoms with Crippen molar-refractivity contribution < 1.29 is 14.3 Å². The van der Waals surface area contributed by atoms with Gasteiger partial charge in [0, 0.05) is 36.5 Å². The average molecular weight is 528 g/mol. The van der Waals surface area contributed by atoms with Crippen LogP contribution in [0.25, 0.3) is 5.69 Å². The summed E-state index contributed by atoms with van der Waals surface area (Å²) in [5.74, 6) is 2.21. The highest BCUT2D eigenvalue weighted by Gasteiger charge is 2.28. The second-order valence-electron chi connectivity index (χ2n) is 10.0. The van der Waals surface area contributed by atoms with Gasteiger partial charge >= 0.3 is 0 Å². The minimum atomic E-state index is -0.611. The van der Waals surface area contributed by atoms with Gasteiger partial charge in [-0.1, -0.05) is 0 Å². The van der Waals surface area contributed by atoms with E-state index in [-0.39, 0.29) is 11.6 Å². The SMILES string of the molecule is Cc1cc(OCc2cnc(C)nc2)cc(Oc2ccc(-n3nc([C@@H]4CCCN(C)C4)c(N)c3C(N)=O)cc2)c1. The summed E-state index contributed by atoms with van der Waals surface area (Å²) in [7, 11) is 2.08. The van der Waals surface area contributed by atoms with Crippen molar-refractivity contribution in [1.82, 2.24) is 24.6 Å². The molecular weight excluding hydrogens is 494 g/mol. The number of nitrogen functional groups attached to an aromatic ring is 1. The lowest BCUT2D eigenvalue weighted by Crippen LogP contribution is -2.31. The third kappa shape index (κ3) is 6.01. The number of carbonyl (C=O) groups is 1. The Morgan fingerprint density at radius 2 is 1.77 bits per heavy atom. The van der Waals surface area contributed by atoms with Crippen LogP contribution in [0.1, 0.15) is 51.9 Å². The summed E-state index contributed by atoms with van der Waals surface area (Å²) < 4.78 is 13.6. The summed E-state index contributed by atoms with van der Waals surface area (Å²) in [6, 6.07) is 13.0. The predicted molar refractivity (Wildman–Crippen MR) is 148 cm³/mol. The molecule has 0 aliphatic carbocycles. The maximum atomic E-state index is 12.3. The van der Waals surface area contributed by atoms with Crippen molar-refractivity contribution in [3.8, 4) is 22.9 Å². The molecule has 1 saturated heterocycles. The van der Waals surface area contributed by atoms with E-state index >= 15 is 0 Å². The molecule has 4 aromatic rings. The topological polar surface area (TPSA) is 134 Å². The molecule has 1 fully saturated rings. The van der Waals surface area contributed by atoms with E-state index in [4.69, 9.17) is 26.0 Å². The van der Waals surface area contributed by atoms with E-state index in [1.165, 1.54) is 0 Å². The first-order chi connectivity index (χ1) is 18.8. The molecule has 0 spiro atoms. The Morgan fingerprint density at radius 3 is 2.46 bits per heavy atom. The summed E-state index contributed by atoms with van der Waals surface area (Å²) in [5, 5.41) is 4.74. The summed E-state index contributed by atoms with van der Waals surface area (Å²) in [6.07, 6.45) is 5.53. The second kappa shape index (κ2) is 11.1. The zero-order valence-electron chi connectivity index (χ0n) is 22.4. The monoisotopic (exact) mass is 527 g/mol. The average Bonchev–Trinajstić information content (AvgIpc) is 3.26. The number of hydrogen-bond acceptors (Lipinski definition) is 8. The van der Waals surface area contributed by atoms with Gasteiger partial charge in [0.2, 0.25) is 0 Å². The maximum absolute atomic E-state index is 12.3. The van der Waals surface area contributed by atoms with Gasteiger partial charge in [-0.15, -0.1) is 0 Å². The van der Waals surface area contributed by atoms with Crippen molar-refractivity contribution in [3.63, 3.8) is 0 Å². The molecule has 3 heterocycles. The number of amides is 1. The van der Waals surface area contributed by atoms with Gasteiger partial charge in [-0.25, -0.2) is 14.6 Å². The third-order valence-electron chi connectivity index (χ3n) is 6.78. The molecule has 0 bridgehead atoms. The first-order valence-corrected chi connectivity index (χ1v) is 12.9. The van der Waals surface area contributed by atoms with Gasteiger partial charge in [-0.2, -0.15) is 5.10 Å². The number of nitrogens with two attached hydrogens (primary N) is 2. The van der Waals surface area contributed by atoms with Crippen LogP contribution in [0.5, 0.6) is 17.2 Å². The number of piperidine rings is 1. The molecule has 2 aromatic heterocycles. The Bertz CT molecular complexity index is 1470. The molecular formula is C29H33N7O3. The lowest BCUT2D eigenvalue weighted by atomic mass is 9.94. The van der Waals surface area contributed by atoms with Gasteiger partial charge in [0.25, 0.3) is 5.91 Å². The number of carbonyl (C=O) groups excluding carboxylic acids is 1. The van der Waals surface area contributed by atoms with Gasteiger partial charge in [0.1, 0.15) is 29.7 Å². The first-order valence-electron chi connectivity index (χ1n) is 12.9. The van der Waals surface area contributed by atoms with Crippen molar-refractivity contribution in [1.29, 1.82) is 0 Å². The normalized spacial score (nSPS) is 15.7. The molecule has 39 heavy (non-hydrogen) atoms. The molecule has 0 unspecified atom stereocenters. The fourth-order valence-electron chi connectivity index (χ4n) is 4.87. The molecule has 2 aromatic carbocycles. The number of aryl methyl sites for hydroxylation is 2. The Hall–Kier alpha value is -4.44. The van der Waals surface area contributed by atoms with Crippen LogP contribution in [0, 0.1) is 13.8 Å². The number of aromatic nitrogens is 4. The summed E-state index contributed by atoms with van der Waals surface area (Å²) in [4.78, 5) is 23.0. The second-order valence-corrected chi connectivity index (χ2v) is 10.0. The van der Waals surface area contributed by atoms with E-state index in [0.29, 0.717) is 35.2 Å². The highest BCUT2D eigenvalue weighted by molar-refractivity contribution is 5.97. The molecule has 0 saturated carbocycles. The van der Waals surface area contributed by atoms with Crippen molar-refractivity contribution in [2.45, 2.75) is 39.2 Å². The van der Waals surface area contributed by atoms with Crippen molar-refractivity contribution >= 4 is 11.6 Å². The molecule has 1 aliphatic rings. The van der Waals surface area contributed by atoms with Crippen LogP contribution in [0.4, 0.5) is 5.69 Å². The molecule has 1 amide bonds. The highest BCUT2D eigenvalue weighted by atomic mass is 16.5. The van der Waals surface area contributed by atoms with E-state index in [9.17, 15) is 4.79 Å². The fourth-order valence-corrected chi connectivity index (χ4v) is 4.87. The van der Waals surface area contributed by atoms with Gasteiger partial charge in [0.05, 0.1) is 17.1 Å². The molecule has 10 heteroatoms. The first kappa shape index (κ1) is 26.2. The quantitative estimate of drug-likeness (QED) is 0.349. The van der Waals surface area contributed by atoms with Crippen LogP contribution >= 0.6 is 0 Å². The van der Waals surface area contributed by atoms with Gasteiger partial charge in [-0.3, -0.25) is 4.79 Å². The van der Waals surface area contributed by atoms with Crippen LogP contribution in [-0.4, -0.2) is 50.7 Å². The minimum absolute atomic E-state index is 0.155. The number of benzene rings is 2. The Kier molecular flexibility index (Phi) is 7.47. The smallest absolute Gasteiger partial charge is 0.269 e. The van der Waals surface area contributed by atoms with Crippen molar-refractivity contribution in [3.05, 3.63) is 83.2 Å². The number of anilines is 1. The van der Waals surface area contributed by atoms with E-state index in [1.807, 2.05) is 56.3 Å². The Morgan fingerprint density at radius 1 is 1.05 bits per heavy atom. The number of ether oxygens (including phenoxy) is 2. The maximum Gasteiger partial charge on any atom is 0.269 e. The zero-order valence-corrected chi connectivity index (χ0v) is 22.4. The number of rotatable bonds is 8. The summed E-state index contributed by atoms with van der Waals surface area (Å²) in [5.41, 5.74) is 16.0. The van der Waals surface area contributed by atoms with Crippen LogP contribution in [-0.2, 0) is 6.61 Å². The number of likely N-dealkylation sites (tertiary alicyclic amines) is 1. The van der Waals surface area contributed by atoms with Crippen molar-refractivity contribution in [2.75, 3.05) is 25.9 Å². The van der Waals surface area contributed by atoms with Crippen LogP contribution in [0.15, 0.2) is 54.9 Å². The molecule has 0 radical (unpaired) electrons. The fraction of sp³-hybridized carbons (Fsp3) is 0.310. The van der Waals surface area contributed by atoms with Gasteiger partial charge in [-0.05, 0) is 82.2 Å². The van der Waals surface area contributed by atoms with Crippen molar-refractivity contribution in [2.24, 2.45) is 5.73 Å². The molecule has 10 nitrogen and oxygen atoms in total. The van der Waals surface area contributed by atoms with E-state index in [0.717, 1.165) is 48.6 Å². The number of hydrogen-bond donors (Lipinski definition) is 2. The number of primary amides is 1. The number of nitrogens with zero attached hydrogens (tertiary/aromatic N) is 5. The Labute approximate surface area is 227 Å². The Balaban J connectivity index is 1.33. The molecule has 202 valence electrons. The van der Waals surface area contributed by atoms with E-state index < -0.39 is 5.91 Å². The predicted octanol–water partition coefficient (Wildman–Crippen LogP) is 4.14. The minimum Gasteiger partial charge on any atom is -0.489 e. The molecule has 4 N–H and O–H groups in total. The van der Waals surface area contributed by atoms with Gasteiger partial charge < -0.3 is 25.8 Å². The molecule has 1 atom stereocenters. The van der Waals surface area contributed by atoms with Crippen LogP contribution in [0.2, 0.25) is 0 Å². The van der Waals surface area contributed by atoms with E-state index in [1.54, 1.807) is 17.1 Å². The molecule has 1 aliphatic heterocycles. The lowest BCUT2D eigenvalue weighted by Gasteiger charge is -2.28.